The van der Waals surface area contributed by atoms with E-state index in [1.807, 2.05) is 0 Å². The van der Waals surface area contributed by atoms with Crippen LogP contribution in [0.3, 0.4) is 0 Å². The Morgan fingerprint density at radius 2 is 1.94 bits per heavy atom. The van der Waals surface area contributed by atoms with Crippen LogP contribution in [0.4, 0.5) is 19.0 Å². The molecule has 2 aromatic rings. The number of anilines is 1. The lowest BCUT2D eigenvalue weighted by molar-refractivity contribution is -0.144. The van der Waals surface area contributed by atoms with Gasteiger partial charge in [-0.2, -0.15) is 18.3 Å². The van der Waals surface area contributed by atoms with Crippen LogP contribution in [0.15, 0.2) is 18.3 Å². The van der Waals surface area contributed by atoms with E-state index in [2.05, 4.69) is 15.1 Å². The van der Waals surface area contributed by atoms with Gasteiger partial charge in [0.15, 0.2) is 0 Å². The number of aromatic nitrogens is 4. The normalized spacial score (nSPS) is 11.8. The van der Waals surface area contributed by atoms with E-state index in [9.17, 15) is 13.2 Å². The average Bonchev–Trinajstić information content (AvgIpc) is 2.62. The van der Waals surface area contributed by atoms with Crippen molar-refractivity contribution in [2.24, 2.45) is 7.05 Å². The van der Waals surface area contributed by atoms with Crippen LogP contribution in [-0.4, -0.2) is 19.7 Å². The fourth-order valence-electron chi connectivity index (χ4n) is 1.28. The summed E-state index contributed by atoms with van der Waals surface area (Å²) >= 11 is 0. The molecule has 0 aliphatic heterocycles. The molecule has 0 amide bonds. The molecule has 0 saturated heterocycles. The summed E-state index contributed by atoms with van der Waals surface area (Å²) in [6.07, 6.45) is -3.03. The number of nitrogens with two attached hydrogens (primary N) is 1. The maximum atomic E-state index is 12.5. The van der Waals surface area contributed by atoms with Gasteiger partial charge in [0.25, 0.3) is 0 Å². The molecule has 2 heterocycles. The zero-order valence-electron chi connectivity index (χ0n) is 8.73. The Balaban J connectivity index is 2.52. The lowest BCUT2D eigenvalue weighted by Gasteiger charge is -2.06. The fraction of sp³-hybridized carbons (Fsp3) is 0.222. The summed E-state index contributed by atoms with van der Waals surface area (Å²) in [6.45, 7) is 0. The van der Waals surface area contributed by atoms with E-state index in [1.54, 1.807) is 19.3 Å². The van der Waals surface area contributed by atoms with Crippen molar-refractivity contribution >= 4 is 5.82 Å². The second kappa shape index (κ2) is 3.72. The molecule has 0 fully saturated rings. The zero-order chi connectivity index (χ0) is 12.6. The van der Waals surface area contributed by atoms with Crippen LogP contribution in [0.1, 0.15) is 5.82 Å². The zero-order valence-corrected chi connectivity index (χ0v) is 8.73. The Kier molecular flexibility index (Phi) is 2.49. The first kappa shape index (κ1) is 11.4. The van der Waals surface area contributed by atoms with Gasteiger partial charge in [-0.25, -0.2) is 9.97 Å². The molecule has 0 bridgehead atoms. The predicted octanol–water partition coefficient (Wildman–Crippen LogP) is 1.48. The first-order valence-electron chi connectivity index (χ1n) is 4.58. The minimum atomic E-state index is -4.63. The van der Waals surface area contributed by atoms with Gasteiger partial charge in [0.2, 0.25) is 5.82 Å². The van der Waals surface area contributed by atoms with E-state index < -0.39 is 12.0 Å². The number of alkyl halides is 3. The summed E-state index contributed by atoms with van der Waals surface area (Å²) in [5.41, 5.74) is 5.67. The predicted molar refractivity (Wildman–Crippen MR) is 53.6 cm³/mol. The van der Waals surface area contributed by atoms with Gasteiger partial charge in [-0.3, -0.25) is 4.68 Å². The van der Waals surface area contributed by atoms with Gasteiger partial charge in [0.05, 0.1) is 5.69 Å². The Morgan fingerprint density at radius 1 is 1.24 bits per heavy atom. The van der Waals surface area contributed by atoms with Crippen molar-refractivity contribution in [2.45, 2.75) is 6.18 Å². The second-order valence-electron chi connectivity index (χ2n) is 3.37. The van der Waals surface area contributed by atoms with Crippen LogP contribution in [0.25, 0.3) is 11.4 Å². The average molecular weight is 243 g/mol. The number of aryl methyl sites for hydroxylation is 1. The lowest BCUT2D eigenvalue weighted by Crippen LogP contribution is -2.13. The van der Waals surface area contributed by atoms with E-state index in [-0.39, 0.29) is 11.5 Å². The van der Waals surface area contributed by atoms with Gasteiger partial charge in [0, 0.05) is 19.3 Å². The number of nitrogen functional groups attached to an aromatic ring is 1. The standard InChI is InChI=1S/C9H8F3N5/c1-17-3-2-5(16-17)6-4-7(13)15-8(14-6)9(10,11)12/h2-4H,1H3,(H2,13,14,15). The van der Waals surface area contributed by atoms with E-state index >= 15 is 0 Å². The van der Waals surface area contributed by atoms with Gasteiger partial charge < -0.3 is 5.73 Å². The van der Waals surface area contributed by atoms with Crippen LogP contribution >= 0.6 is 0 Å². The molecule has 0 aromatic carbocycles. The quantitative estimate of drug-likeness (QED) is 0.823. The molecular weight excluding hydrogens is 235 g/mol. The highest BCUT2D eigenvalue weighted by molar-refractivity contribution is 5.57. The smallest absolute Gasteiger partial charge is 0.384 e. The number of rotatable bonds is 1. The molecule has 0 atom stereocenters. The minimum Gasteiger partial charge on any atom is -0.384 e. The molecule has 90 valence electrons. The van der Waals surface area contributed by atoms with Crippen molar-refractivity contribution < 1.29 is 13.2 Å². The van der Waals surface area contributed by atoms with Crippen LogP contribution in [0.2, 0.25) is 0 Å². The maximum absolute atomic E-state index is 12.5. The van der Waals surface area contributed by atoms with Crippen molar-refractivity contribution in [3.05, 3.63) is 24.2 Å². The summed E-state index contributed by atoms with van der Waals surface area (Å²) in [5.74, 6) is -1.51. The third kappa shape index (κ3) is 2.35. The van der Waals surface area contributed by atoms with Gasteiger partial charge in [-0.05, 0) is 6.07 Å². The van der Waals surface area contributed by atoms with Crippen molar-refractivity contribution in [1.29, 1.82) is 0 Å². The van der Waals surface area contributed by atoms with E-state index in [4.69, 9.17) is 5.73 Å². The van der Waals surface area contributed by atoms with Crippen molar-refractivity contribution in [2.75, 3.05) is 5.73 Å². The summed E-state index contributed by atoms with van der Waals surface area (Å²) in [4.78, 5) is 6.54. The van der Waals surface area contributed by atoms with Gasteiger partial charge in [-0.1, -0.05) is 0 Å². The number of halogens is 3. The Hall–Kier alpha value is -2.12. The molecule has 2 aromatic heterocycles. The molecule has 8 heteroatoms. The monoisotopic (exact) mass is 243 g/mol. The molecule has 0 saturated carbocycles. The fourth-order valence-corrected chi connectivity index (χ4v) is 1.28. The maximum Gasteiger partial charge on any atom is 0.451 e. The number of nitrogens with zero attached hydrogens (tertiary/aromatic N) is 4. The molecule has 0 unspecified atom stereocenters. The summed E-state index contributed by atoms with van der Waals surface area (Å²) in [5, 5.41) is 3.95. The van der Waals surface area contributed by atoms with E-state index in [0.717, 1.165) is 0 Å². The molecule has 5 nitrogen and oxygen atoms in total. The first-order chi connectivity index (χ1) is 7.86. The molecule has 17 heavy (non-hydrogen) atoms. The highest BCUT2D eigenvalue weighted by atomic mass is 19.4. The molecule has 2 rings (SSSR count). The van der Waals surface area contributed by atoms with Gasteiger partial charge in [-0.15, -0.1) is 0 Å². The van der Waals surface area contributed by atoms with E-state index in [1.165, 1.54) is 10.7 Å². The van der Waals surface area contributed by atoms with Crippen LogP contribution in [0.5, 0.6) is 0 Å². The van der Waals surface area contributed by atoms with Crippen LogP contribution < -0.4 is 5.73 Å². The Labute approximate surface area is 94.1 Å². The second-order valence-corrected chi connectivity index (χ2v) is 3.37. The third-order valence-electron chi connectivity index (χ3n) is 1.98. The first-order valence-corrected chi connectivity index (χ1v) is 4.58. The molecule has 0 spiro atoms. The largest absolute Gasteiger partial charge is 0.451 e. The number of hydrogen-bond donors (Lipinski definition) is 1. The summed E-state index contributed by atoms with van der Waals surface area (Å²) in [7, 11) is 1.65. The van der Waals surface area contributed by atoms with Crippen molar-refractivity contribution in [3.63, 3.8) is 0 Å². The van der Waals surface area contributed by atoms with Crippen LogP contribution in [0, 0.1) is 0 Å². The van der Waals surface area contributed by atoms with Gasteiger partial charge in [0.1, 0.15) is 11.5 Å². The Morgan fingerprint density at radius 3 is 2.47 bits per heavy atom. The van der Waals surface area contributed by atoms with Crippen LogP contribution in [-0.2, 0) is 13.2 Å². The number of hydrogen-bond acceptors (Lipinski definition) is 4. The molecule has 2 N–H and O–H groups in total. The highest BCUT2D eigenvalue weighted by Gasteiger charge is 2.35. The van der Waals surface area contributed by atoms with Crippen molar-refractivity contribution in [3.8, 4) is 11.4 Å². The molecule has 0 radical (unpaired) electrons. The molecule has 0 aliphatic rings. The Bertz CT molecular complexity index is 546. The van der Waals surface area contributed by atoms with Crippen molar-refractivity contribution in [1.82, 2.24) is 19.7 Å². The third-order valence-corrected chi connectivity index (χ3v) is 1.98. The topological polar surface area (TPSA) is 69.6 Å². The van der Waals surface area contributed by atoms with E-state index in [0.29, 0.717) is 5.69 Å². The molecule has 0 aliphatic carbocycles. The summed E-state index contributed by atoms with van der Waals surface area (Å²) in [6, 6.07) is 2.79. The minimum absolute atomic E-state index is 0.0467. The summed E-state index contributed by atoms with van der Waals surface area (Å²) < 4.78 is 38.8. The lowest BCUT2D eigenvalue weighted by atomic mass is 10.3. The molecular formula is C9H8F3N5. The van der Waals surface area contributed by atoms with Gasteiger partial charge >= 0.3 is 6.18 Å². The highest BCUT2D eigenvalue weighted by Crippen LogP contribution is 2.28. The SMILES string of the molecule is Cn1ccc(-c2cc(N)nc(C(F)(F)F)n2)n1.